The van der Waals surface area contributed by atoms with Gasteiger partial charge in [0.2, 0.25) is 0 Å². The minimum atomic E-state index is 0. The molecule has 1 nitrogen and oxygen atoms in total. The van der Waals surface area contributed by atoms with E-state index in [0.717, 1.165) is 5.56 Å². The Balaban J connectivity index is 0. The number of rotatable bonds is 1. The zero-order chi connectivity index (χ0) is 6.69. The van der Waals surface area contributed by atoms with Gasteiger partial charge in [-0.15, -0.1) is 0 Å². The van der Waals surface area contributed by atoms with Crippen molar-refractivity contribution in [3.05, 3.63) is 41.3 Å². The Labute approximate surface area is 93.6 Å². The molecule has 0 fully saturated rings. The summed E-state index contributed by atoms with van der Waals surface area (Å²) in [6, 6.07) is 9.46. The minimum Gasteiger partial charge on any atom is -1.00 e. The molecule has 0 aromatic heterocycles. The molecule has 0 aliphatic heterocycles. The predicted octanol–water partition coefficient (Wildman–Crippen LogP) is -1.31. The van der Waals surface area contributed by atoms with Crippen LogP contribution in [0.2, 0.25) is 0 Å². The van der Waals surface area contributed by atoms with Crippen LogP contribution in [0.15, 0.2) is 30.3 Å². The van der Waals surface area contributed by atoms with E-state index in [1.54, 1.807) is 6.92 Å². The number of nitrogens with zero attached hydrogens (tertiary/aromatic N) is 1. The zero-order valence-corrected chi connectivity index (χ0v) is 9.42. The summed E-state index contributed by atoms with van der Waals surface area (Å²) in [4.78, 5) is 0. The number of hydrogen-bond acceptors (Lipinski definition) is 0. The number of benzene rings is 1. The smallest absolute Gasteiger partial charge is 1.00 e. The van der Waals surface area contributed by atoms with Gasteiger partial charge in [0.15, 0.2) is 0 Å². The van der Waals surface area contributed by atoms with Crippen molar-refractivity contribution in [2.24, 2.45) is 0 Å². The van der Waals surface area contributed by atoms with Crippen LogP contribution in [0.5, 0.6) is 0 Å². The molecule has 0 spiro atoms. The average molecular weight is 222 g/mol. The molecule has 54 valence electrons. The van der Waals surface area contributed by atoms with Gasteiger partial charge in [0.25, 0.3) is 0 Å². The van der Waals surface area contributed by atoms with E-state index in [2.05, 4.69) is 0 Å². The Bertz CT molecular complexity index is 211. The number of hydrogen-bond donors (Lipinski definition) is 0. The molecular formula is C8H8BrMgN. The first-order chi connectivity index (χ1) is 4.30. The zero-order valence-electron chi connectivity index (χ0n) is 6.42. The van der Waals surface area contributed by atoms with Gasteiger partial charge in [-0.2, -0.15) is 5.71 Å². The first-order valence-corrected chi connectivity index (χ1v) is 2.88. The predicted molar refractivity (Wildman–Crippen MR) is 45.3 cm³/mol. The fraction of sp³-hybridized carbons (Fsp3) is 0.125. The van der Waals surface area contributed by atoms with Gasteiger partial charge in [0.1, 0.15) is 0 Å². The average Bonchev–Trinajstić information content (AvgIpc) is 1.90. The number of halogens is 1. The van der Waals surface area contributed by atoms with Gasteiger partial charge in [-0.05, 0) is 5.56 Å². The molecule has 11 heavy (non-hydrogen) atoms. The second-order valence-electron chi connectivity index (χ2n) is 1.95. The molecule has 0 atom stereocenters. The Hall–Kier alpha value is 0.136. The maximum atomic E-state index is 8.94. The summed E-state index contributed by atoms with van der Waals surface area (Å²) in [5.74, 6) is 0. The van der Waals surface area contributed by atoms with Crippen LogP contribution in [-0.2, 0) is 0 Å². The van der Waals surface area contributed by atoms with Crippen LogP contribution >= 0.6 is 0 Å². The van der Waals surface area contributed by atoms with Crippen LogP contribution in [0.4, 0.5) is 0 Å². The molecule has 3 heteroatoms. The largest absolute Gasteiger partial charge is 2.00 e. The fourth-order valence-corrected chi connectivity index (χ4v) is 0.679. The van der Waals surface area contributed by atoms with E-state index in [1.807, 2.05) is 30.3 Å². The molecule has 0 saturated carbocycles. The van der Waals surface area contributed by atoms with Crippen molar-refractivity contribution in [2.45, 2.75) is 6.92 Å². The van der Waals surface area contributed by atoms with Crippen LogP contribution in [0.3, 0.4) is 0 Å². The molecule has 0 heterocycles. The standard InChI is InChI=1S/C8H8N.BrH.Mg/c1-7(9)8-5-3-2-4-6-8;;/h2-6H,1H3;1H;/q-1;;+2/p-1. The van der Waals surface area contributed by atoms with E-state index in [0.29, 0.717) is 5.71 Å². The second kappa shape index (κ2) is 6.82. The maximum absolute atomic E-state index is 8.94. The van der Waals surface area contributed by atoms with E-state index >= 15 is 0 Å². The summed E-state index contributed by atoms with van der Waals surface area (Å²) in [5, 5.41) is 8.94. The van der Waals surface area contributed by atoms with Crippen molar-refractivity contribution < 1.29 is 17.0 Å². The monoisotopic (exact) mass is 221 g/mol. The van der Waals surface area contributed by atoms with Gasteiger partial charge >= 0.3 is 23.1 Å². The Morgan fingerprint density at radius 2 is 1.64 bits per heavy atom. The first-order valence-electron chi connectivity index (χ1n) is 2.88. The summed E-state index contributed by atoms with van der Waals surface area (Å²) < 4.78 is 0. The van der Waals surface area contributed by atoms with E-state index in [4.69, 9.17) is 5.41 Å². The molecule has 1 aromatic carbocycles. The Morgan fingerprint density at radius 3 is 1.91 bits per heavy atom. The van der Waals surface area contributed by atoms with E-state index in [9.17, 15) is 0 Å². The molecular weight excluding hydrogens is 214 g/mol. The van der Waals surface area contributed by atoms with Crippen LogP contribution in [0.1, 0.15) is 12.5 Å². The van der Waals surface area contributed by atoms with Crippen molar-refractivity contribution in [1.29, 1.82) is 0 Å². The molecule has 1 rings (SSSR count). The van der Waals surface area contributed by atoms with Crippen molar-refractivity contribution in [2.75, 3.05) is 0 Å². The summed E-state index contributed by atoms with van der Waals surface area (Å²) >= 11 is 0. The third-order valence-corrected chi connectivity index (χ3v) is 1.19. The van der Waals surface area contributed by atoms with Gasteiger partial charge in [-0.1, -0.05) is 37.3 Å². The van der Waals surface area contributed by atoms with Gasteiger partial charge in [-0.3, -0.25) is 0 Å². The van der Waals surface area contributed by atoms with Crippen molar-refractivity contribution >= 4 is 28.8 Å². The maximum Gasteiger partial charge on any atom is 2.00 e. The van der Waals surface area contributed by atoms with Gasteiger partial charge in [0.05, 0.1) is 0 Å². The molecule has 0 amide bonds. The van der Waals surface area contributed by atoms with E-state index in [-0.39, 0.29) is 40.0 Å². The molecule has 0 aliphatic rings. The molecule has 0 bridgehead atoms. The molecule has 0 unspecified atom stereocenters. The van der Waals surface area contributed by atoms with Gasteiger partial charge < -0.3 is 22.4 Å². The molecule has 0 radical (unpaired) electrons. The normalized spacial score (nSPS) is 7.36. The van der Waals surface area contributed by atoms with Crippen molar-refractivity contribution in [3.63, 3.8) is 0 Å². The van der Waals surface area contributed by atoms with Crippen LogP contribution in [0.25, 0.3) is 5.41 Å². The quantitative estimate of drug-likeness (QED) is 0.416. The van der Waals surface area contributed by atoms with E-state index in [1.165, 1.54) is 0 Å². The van der Waals surface area contributed by atoms with E-state index < -0.39 is 0 Å². The van der Waals surface area contributed by atoms with Crippen LogP contribution in [-0.4, -0.2) is 28.8 Å². The van der Waals surface area contributed by atoms with Crippen LogP contribution in [0, 0.1) is 0 Å². The van der Waals surface area contributed by atoms with Crippen molar-refractivity contribution in [1.82, 2.24) is 0 Å². The topological polar surface area (TPSA) is 22.3 Å². The third kappa shape index (κ3) is 4.56. The van der Waals surface area contributed by atoms with Gasteiger partial charge in [0, 0.05) is 0 Å². The van der Waals surface area contributed by atoms with Crippen molar-refractivity contribution in [3.8, 4) is 0 Å². The summed E-state index contributed by atoms with van der Waals surface area (Å²) in [7, 11) is 0. The first kappa shape index (κ1) is 13.7. The SMILES string of the molecule is CC(=[N-])c1ccccc1.[Br-].[Mg+2]. The minimum absolute atomic E-state index is 0. The molecule has 0 N–H and O–H groups in total. The Kier molecular flexibility index (Phi) is 8.50. The third-order valence-electron chi connectivity index (χ3n) is 1.19. The van der Waals surface area contributed by atoms with Gasteiger partial charge in [-0.25, -0.2) is 0 Å². The second-order valence-corrected chi connectivity index (χ2v) is 1.95. The summed E-state index contributed by atoms with van der Waals surface area (Å²) in [6.45, 7) is 1.68. The summed E-state index contributed by atoms with van der Waals surface area (Å²) in [6.07, 6.45) is 0. The van der Waals surface area contributed by atoms with Crippen LogP contribution < -0.4 is 17.0 Å². The molecule has 0 aliphatic carbocycles. The fourth-order valence-electron chi connectivity index (χ4n) is 0.679. The molecule has 0 saturated heterocycles. The summed E-state index contributed by atoms with van der Waals surface area (Å²) in [5.41, 5.74) is 1.26. The Morgan fingerprint density at radius 1 is 1.18 bits per heavy atom. The molecule has 1 aromatic rings.